The molecular formula is C20H30ClN5O2. The molecular weight excluding hydrogens is 378 g/mol. The van der Waals surface area contributed by atoms with Gasteiger partial charge in [0.25, 0.3) is 0 Å². The molecule has 28 heavy (non-hydrogen) atoms. The largest absolute Gasteiger partial charge is 0.333 e. The van der Waals surface area contributed by atoms with Gasteiger partial charge >= 0.3 is 6.03 Å². The van der Waals surface area contributed by atoms with Gasteiger partial charge in [0.1, 0.15) is 0 Å². The van der Waals surface area contributed by atoms with Gasteiger partial charge in [-0.3, -0.25) is 9.78 Å². The quantitative estimate of drug-likeness (QED) is 0.813. The minimum atomic E-state index is 0. The first-order valence-corrected chi connectivity index (χ1v) is 10.2. The fourth-order valence-electron chi connectivity index (χ4n) is 4.50. The lowest BCUT2D eigenvalue weighted by molar-refractivity contribution is -0.140. The Balaban J connectivity index is 0.00000225. The second-order valence-electron chi connectivity index (χ2n) is 7.78. The second-order valence-corrected chi connectivity index (χ2v) is 7.78. The molecule has 3 aliphatic rings. The number of piperidine rings is 1. The Hall–Kier alpha value is -1.86. The van der Waals surface area contributed by atoms with Gasteiger partial charge in [0, 0.05) is 64.1 Å². The molecule has 154 valence electrons. The lowest BCUT2D eigenvalue weighted by atomic mass is 9.93. The van der Waals surface area contributed by atoms with Crippen LogP contribution in [0.25, 0.3) is 0 Å². The van der Waals surface area contributed by atoms with Gasteiger partial charge in [0.2, 0.25) is 5.91 Å². The monoisotopic (exact) mass is 407 g/mol. The Morgan fingerprint density at radius 3 is 2.43 bits per heavy atom. The molecule has 0 aliphatic carbocycles. The molecule has 0 aromatic carbocycles. The first-order chi connectivity index (χ1) is 13.2. The summed E-state index contributed by atoms with van der Waals surface area (Å²) < 4.78 is 0. The van der Waals surface area contributed by atoms with Crippen molar-refractivity contribution >= 4 is 24.3 Å². The number of halogens is 1. The molecule has 1 aromatic rings. The summed E-state index contributed by atoms with van der Waals surface area (Å²) in [7, 11) is 0. The molecule has 3 saturated heterocycles. The van der Waals surface area contributed by atoms with Crippen LogP contribution in [0.3, 0.4) is 0 Å². The smallest absolute Gasteiger partial charge is 0.319 e. The van der Waals surface area contributed by atoms with Gasteiger partial charge in [-0.05, 0) is 37.3 Å². The van der Waals surface area contributed by atoms with E-state index < -0.39 is 0 Å². The molecule has 8 heteroatoms. The number of aromatic nitrogens is 1. The number of amides is 3. The van der Waals surface area contributed by atoms with Crippen LogP contribution in [-0.2, 0) is 4.79 Å². The lowest BCUT2D eigenvalue weighted by Gasteiger charge is -2.40. The van der Waals surface area contributed by atoms with Crippen molar-refractivity contribution < 1.29 is 9.59 Å². The van der Waals surface area contributed by atoms with Crippen molar-refractivity contribution in [3.8, 4) is 0 Å². The normalized spacial score (nSPS) is 23.4. The van der Waals surface area contributed by atoms with Gasteiger partial charge in [-0.15, -0.1) is 12.4 Å². The number of likely N-dealkylation sites (tertiary alicyclic amines) is 2. The maximum atomic E-state index is 13.2. The summed E-state index contributed by atoms with van der Waals surface area (Å²) in [6.45, 7) is 5.46. The van der Waals surface area contributed by atoms with Crippen molar-refractivity contribution in [2.24, 2.45) is 5.92 Å². The third kappa shape index (κ3) is 4.41. The molecule has 0 radical (unpaired) electrons. The molecule has 4 rings (SSSR count). The van der Waals surface area contributed by atoms with Crippen molar-refractivity contribution in [1.82, 2.24) is 25.0 Å². The van der Waals surface area contributed by atoms with Crippen LogP contribution in [0.2, 0.25) is 0 Å². The zero-order valence-corrected chi connectivity index (χ0v) is 17.1. The predicted molar refractivity (Wildman–Crippen MR) is 109 cm³/mol. The fraction of sp³-hybridized carbons (Fsp3) is 0.650. The second kappa shape index (κ2) is 9.56. The number of hydrogen-bond donors (Lipinski definition) is 1. The molecule has 1 unspecified atom stereocenters. The summed E-state index contributed by atoms with van der Waals surface area (Å²) in [5.41, 5.74) is 1.08. The summed E-state index contributed by atoms with van der Waals surface area (Å²) in [5.74, 6) is 0.253. The highest BCUT2D eigenvalue weighted by molar-refractivity contribution is 5.85. The van der Waals surface area contributed by atoms with E-state index >= 15 is 0 Å². The number of carbonyl (C=O) groups excluding carboxylic acids is 2. The fourth-order valence-corrected chi connectivity index (χ4v) is 4.50. The molecule has 0 saturated carbocycles. The zero-order chi connectivity index (χ0) is 18.6. The van der Waals surface area contributed by atoms with Crippen LogP contribution in [-0.4, -0.2) is 77.4 Å². The van der Waals surface area contributed by atoms with Gasteiger partial charge in [-0.25, -0.2) is 4.79 Å². The molecule has 1 N–H and O–H groups in total. The molecule has 3 amide bonds. The number of carbonyl (C=O) groups is 2. The summed E-state index contributed by atoms with van der Waals surface area (Å²) in [5, 5.41) is 3.39. The highest BCUT2D eigenvalue weighted by Crippen LogP contribution is 2.27. The third-order valence-corrected chi connectivity index (χ3v) is 6.09. The topological polar surface area (TPSA) is 68.8 Å². The molecule has 1 atom stereocenters. The number of piperazine rings is 1. The number of hydrogen-bond acceptors (Lipinski definition) is 4. The molecule has 1 aromatic heterocycles. The molecule has 3 fully saturated rings. The summed E-state index contributed by atoms with van der Waals surface area (Å²) >= 11 is 0. The van der Waals surface area contributed by atoms with E-state index in [4.69, 9.17) is 0 Å². The van der Waals surface area contributed by atoms with Gasteiger partial charge in [0.15, 0.2) is 0 Å². The van der Waals surface area contributed by atoms with Gasteiger partial charge in [-0.2, -0.15) is 0 Å². The van der Waals surface area contributed by atoms with Crippen molar-refractivity contribution in [3.05, 3.63) is 30.1 Å². The van der Waals surface area contributed by atoms with Crippen LogP contribution < -0.4 is 5.32 Å². The first kappa shape index (κ1) is 20.9. The Labute approximate surface area is 172 Å². The number of urea groups is 1. The SMILES string of the molecule is Cl.O=C(N1CCCC1)N1CCC(C(=O)N2CCNCC2c2cccnc2)CC1. The van der Waals surface area contributed by atoms with E-state index in [2.05, 4.69) is 10.3 Å². The van der Waals surface area contributed by atoms with E-state index in [1.54, 1.807) is 6.20 Å². The summed E-state index contributed by atoms with van der Waals surface area (Å²) in [6, 6.07) is 4.18. The lowest BCUT2D eigenvalue weighted by Crippen LogP contribution is -2.53. The van der Waals surface area contributed by atoms with Gasteiger partial charge in [0.05, 0.1) is 6.04 Å². The van der Waals surface area contributed by atoms with Crippen molar-refractivity contribution in [1.29, 1.82) is 0 Å². The van der Waals surface area contributed by atoms with Crippen LogP contribution in [0.1, 0.15) is 37.3 Å². The van der Waals surface area contributed by atoms with Gasteiger partial charge < -0.3 is 20.0 Å². The van der Waals surface area contributed by atoms with Crippen LogP contribution in [0.4, 0.5) is 4.79 Å². The first-order valence-electron chi connectivity index (χ1n) is 10.2. The van der Waals surface area contributed by atoms with Crippen LogP contribution in [0.5, 0.6) is 0 Å². The van der Waals surface area contributed by atoms with Crippen LogP contribution in [0.15, 0.2) is 24.5 Å². The molecule has 7 nitrogen and oxygen atoms in total. The zero-order valence-electron chi connectivity index (χ0n) is 16.3. The van der Waals surface area contributed by atoms with Gasteiger partial charge in [-0.1, -0.05) is 6.07 Å². The number of nitrogens with zero attached hydrogens (tertiary/aromatic N) is 4. The maximum absolute atomic E-state index is 13.2. The number of rotatable bonds is 2. The molecule has 3 aliphatic heterocycles. The molecule has 0 spiro atoms. The van der Waals surface area contributed by atoms with Crippen LogP contribution in [0, 0.1) is 5.92 Å². The molecule has 4 heterocycles. The Morgan fingerprint density at radius 2 is 1.75 bits per heavy atom. The van der Waals surface area contributed by atoms with Crippen molar-refractivity contribution in [2.45, 2.75) is 31.7 Å². The number of pyridine rings is 1. The van der Waals surface area contributed by atoms with E-state index in [-0.39, 0.29) is 36.3 Å². The summed E-state index contributed by atoms with van der Waals surface area (Å²) in [6.07, 6.45) is 7.37. The predicted octanol–water partition coefficient (Wildman–Crippen LogP) is 1.90. The Kier molecular flexibility index (Phi) is 7.13. The van der Waals surface area contributed by atoms with E-state index in [1.165, 1.54) is 0 Å². The van der Waals surface area contributed by atoms with E-state index in [1.807, 2.05) is 33.0 Å². The third-order valence-electron chi connectivity index (χ3n) is 6.09. The standard InChI is InChI=1S/C20H29N5O2.ClH/c26-19(25-13-8-22-15-18(25)17-4-3-7-21-14-17)16-5-11-24(12-6-16)20(27)23-9-1-2-10-23;/h3-4,7,14,16,18,22H,1-2,5-6,8-13,15H2;1H. The average molecular weight is 408 g/mol. The Morgan fingerprint density at radius 1 is 1.04 bits per heavy atom. The Bertz CT molecular complexity index is 660. The number of nitrogens with one attached hydrogen (secondary N) is 1. The maximum Gasteiger partial charge on any atom is 0.319 e. The molecule has 0 bridgehead atoms. The van der Waals surface area contributed by atoms with Crippen molar-refractivity contribution in [3.63, 3.8) is 0 Å². The van der Waals surface area contributed by atoms with Crippen LogP contribution >= 0.6 is 12.4 Å². The minimum Gasteiger partial charge on any atom is -0.333 e. The van der Waals surface area contributed by atoms with Crippen molar-refractivity contribution in [2.75, 3.05) is 45.8 Å². The van der Waals surface area contributed by atoms with E-state index in [9.17, 15) is 9.59 Å². The van der Waals surface area contributed by atoms with E-state index in [0.29, 0.717) is 13.1 Å². The highest BCUT2D eigenvalue weighted by Gasteiger charge is 2.35. The highest BCUT2D eigenvalue weighted by atomic mass is 35.5. The summed E-state index contributed by atoms with van der Waals surface area (Å²) in [4.78, 5) is 35.9. The average Bonchev–Trinajstić information content (AvgIpc) is 3.28. The van der Waals surface area contributed by atoms with E-state index in [0.717, 1.165) is 64.0 Å². The minimum absolute atomic E-state index is 0.